The first-order valence-electron chi connectivity index (χ1n) is 6.80. The van der Waals surface area contributed by atoms with Crippen LogP contribution < -0.4 is 16.2 Å². The van der Waals surface area contributed by atoms with Crippen molar-refractivity contribution in [1.82, 2.24) is 4.98 Å². The zero-order chi connectivity index (χ0) is 16.4. The molecule has 1 aromatic heterocycles. The molecule has 23 heavy (non-hydrogen) atoms. The van der Waals surface area contributed by atoms with Gasteiger partial charge in [-0.3, -0.25) is 9.78 Å². The lowest BCUT2D eigenvalue weighted by Gasteiger charge is -2.08. The number of hydrogen-bond donors (Lipinski definition) is 2. The maximum Gasteiger partial charge on any atom is 0.409 e. The number of carbonyl (C=O) groups is 2. The van der Waals surface area contributed by atoms with Crippen LogP contribution in [0.1, 0.15) is 10.4 Å². The molecule has 0 spiro atoms. The number of aromatic nitrogens is 1. The van der Waals surface area contributed by atoms with E-state index >= 15 is 0 Å². The Bertz CT molecular complexity index is 905. The van der Waals surface area contributed by atoms with Crippen LogP contribution in [0, 0.1) is 0 Å². The lowest BCUT2D eigenvalue weighted by atomic mass is 9.99. The molecule has 6 nitrogen and oxygen atoms in total. The van der Waals surface area contributed by atoms with Crippen molar-refractivity contribution in [2.75, 3.05) is 0 Å². The SMILES string of the molecule is NC(=O)Oc1ccc(-c2cncc3ccc(C(N)=O)cc23)cc1. The van der Waals surface area contributed by atoms with E-state index in [4.69, 9.17) is 16.2 Å². The molecular weight excluding hydrogens is 294 g/mol. The van der Waals surface area contributed by atoms with Gasteiger partial charge in [0, 0.05) is 28.9 Å². The maximum atomic E-state index is 11.4. The number of ether oxygens (including phenoxy) is 1. The lowest BCUT2D eigenvalue weighted by Crippen LogP contribution is -2.16. The first kappa shape index (κ1) is 14.5. The highest BCUT2D eigenvalue weighted by atomic mass is 16.5. The molecule has 4 N–H and O–H groups in total. The summed E-state index contributed by atoms with van der Waals surface area (Å²) in [6, 6.07) is 12.0. The Morgan fingerprint density at radius 1 is 0.957 bits per heavy atom. The molecule has 1 heterocycles. The molecule has 0 bridgehead atoms. The number of carbonyl (C=O) groups excluding carboxylic acids is 2. The summed E-state index contributed by atoms with van der Waals surface area (Å²) in [6.45, 7) is 0. The van der Waals surface area contributed by atoms with Crippen molar-refractivity contribution in [2.45, 2.75) is 0 Å². The third kappa shape index (κ3) is 2.96. The molecule has 3 rings (SSSR count). The topological polar surface area (TPSA) is 108 Å². The third-order valence-corrected chi connectivity index (χ3v) is 3.43. The van der Waals surface area contributed by atoms with E-state index in [0.29, 0.717) is 11.3 Å². The highest BCUT2D eigenvalue weighted by Gasteiger charge is 2.08. The van der Waals surface area contributed by atoms with E-state index in [1.54, 1.807) is 54.9 Å². The van der Waals surface area contributed by atoms with E-state index in [1.165, 1.54) is 0 Å². The minimum atomic E-state index is -0.865. The van der Waals surface area contributed by atoms with Crippen LogP contribution in [0.4, 0.5) is 4.79 Å². The van der Waals surface area contributed by atoms with Crippen molar-refractivity contribution >= 4 is 22.8 Å². The maximum absolute atomic E-state index is 11.4. The normalized spacial score (nSPS) is 10.4. The van der Waals surface area contributed by atoms with Crippen molar-refractivity contribution in [3.63, 3.8) is 0 Å². The first-order valence-corrected chi connectivity index (χ1v) is 6.80. The second-order valence-corrected chi connectivity index (χ2v) is 4.93. The molecule has 114 valence electrons. The molecule has 0 aliphatic rings. The number of nitrogens with two attached hydrogens (primary N) is 2. The van der Waals surface area contributed by atoms with E-state index in [2.05, 4.69) is 4.98 Å². The van der Waals surface area contributed by atoms with Gasteiger partial charge in [0.1, 0.15) is 5.75 Å². The monoisotopic (exact) mass is 307 g/mol. The van der Waals surface area contributed by atoms with Crippen molar-refractivity contribution in [3.05, 3.63) is 60.4 Å². The summed E-state index contributed by atoms with van der Waals surface area (Å²) in [5, 5.41) is 1.75. The Labute approximate surface area is 131 Å². The number of primary amides is 2. The van der Waals surface area contributed by atoms with Gasteiger partial charge in [0.15, 0.2) is 0 Å². The van der Waals surface area contributed by atoms with E-state index < -0.39 is 12.0 Å². The number of fused-ring (bicyclic) bond motifs is 1. The van der Waals surface area contributed by atoms with Crippen LogP contribution in [-0.4, -0.2) is 17.0 Å². The third-order valence-electron chi connectivity index (χ3n) is 3.43. The van der Waals surface area contributed by atoms with Gasteiger partial charge in [0.05, 0.1) is 0 Å². The number of nitrogens with zero attached hydrogens (tertiary/aromatic N) is 1. The molecule has 0 atom stereocenters. The van der Waals surface area contributed by atoms with Gasteiger partial charge >= 0.3 is 6.09 Å². The summed E-state index contributed by atoms with van der Waals surface area (Å²) < 4.78 is 4.81. The number of amides is 2. The molecule has 0 unspecified atom stereocenters. The molecule has 0 saturated heterocycles. The van der Waals surface area contributed by atoms with Crippen LogP contribution in [0.5, 0.6) is 5.75 Å². The van der Waals surface area contributed by atoms with E-state index in [1.807, 2.05) is 0 Å². The van der Waals surface area contributed by atoms with Gasteiger partial charge in [-0.2, -0.15) is 0 Å². The second kappa shape index (κ2) is 5.76. The van der Waals surface area contributed by atoms with E-state index in [9.17, 15) is 9.59 Å². The van der Waals surface area contributed by atoms with Crippen LogP contribution in [0.3, 0.4) is 0 Å². The van der Waals surface area contributed by atoms with E-state index in [-0.39, 0.29) is 0 Å². The Hall–Kier alpha value is -3.41. The Morgan fingerprint density at radius 3 is 2.35 bits per heavy atom. The molecule has 0 aliphatic heterocycles. The Balaban J connectivity index is 2.09. The number of rotatable bonds is 3. The van der Waals surface area contributed by atoms with Crippen molar-refractivity contribution in [1.29, 1.82) is 0 Å². The summed E-state index contributed by atoms with van der Waals surface area (Å²) in [5.41, 5.74) is 12.5. The molecule has 0 radical (unpaired) electrons. The summed E-state index contributed by atoms with van der Waals surface area (Å²) >= 11 is 0. The molecule has 0 fully saturated rings. The van der Waals surface area contributed by atoms with Crippen LogP contribution in [-0.2, 0) is 0 Å². The van der Waals surface area contributed by atoms with Gasteiger partial charge in [-0.25, -0.2) is 4.79 Å². The molecule has 0 saturated carbocycles. The molecule has 3 aromatic rings. The zero-order valence-corrected chi connectivity index (χ0v) is 12.0. The number of pyridine rings is 1. The average molecular weight is 307 g/mol. The predicted octanol–water partition coefficient (Wildman–Crippen LogP) is 2.46. The Morgan fingerprint density at radius 2 is 1.70 bits per heavy atom. The summed E-state index contributed by atoms with van der Waals surface area (Å²) in [5.74, 6) is -0.132. The second-order valence-electron chi connectivity index (χ2n) is 4.93. The summed E-state index contributed by atoms with van der Waals surface area (Å²) in [6.07, 6.45) is 2.56. The van der Waals surface area contributed by atoms with Crippen LogP contribution in [0.15, 0.2) is 54.9 Å². The number of hydrogen-bond acceptors (Lipinski definition) is 4. The van der Waals surface area contributed by atoms with Crippen molar-refractivity contribution in [2.24, 2.45) is 11.5 Å². The van der Waals surface area contributed by atoms with Gasteiger partial charge in [0.2, 0.25) is 5.91 Å². The lowest BCUT2D eigenvalue weighted by molar-refractivity contribution is 0.100. The fraction of sp³-hybridized carbons (Fsp3) is 0. The first-order chi connectivity index (χ1) is 11.0. The molecular formula is C17H13N3O3. The predicted molar refractivity (Wildman–Crippen MR) is 85.9 cm³/mol. The standard InChI is InChI=1S/C17H13N3O3/c18-16(21)11-1-2-12-8-20-9-15(14(12)7-11)10-3-5-13(6-4-10)23-17(19)22/h1-9H,(H2,18,21)(H2,19,22). The summed E-state index contributed by atoms with van der Waals surface area (Å²) in [4.78, 5) is 26.3. The van der Waals surface area contributed by atoms with Crippen LogP contribution in [0.25, 0.3) is 21.9 Å². The molecule has 2 amide bonds. The molecule has 6 heteroatoms. The fourth-order valence-electron chi connectivity index (χ4n) is 2.37. The van der Waals surface area contributed by atoms with Gasteiger partial charge in [-0.15, -0.1) is 0 Å². The number of benzene rings is 2. The van der Waals surface area contributed by atoms with Gasteiger partial charge in [-0.1, -0.05) is 18.2 Å². The van der Waals surface area contributed by atoms with Crippen molar-refractivity contribution in [3.8, 4) is 16.9 Å². The van der Waals surface area contributed by atoms with E-state index in [0.717, 1.165) is 21.9 Å². The smallest absolute Gasteiger partial charge is 0.409 e. The Kier molecular flexibility index (Phi) is 3.64. The molecule has 0 aliphatic carbocycles. The highest BCUT2D eigenvalue weighted by Crippen LogP contribution is 2.29. The van der Waals surface area contributed by atoms with Gasteiger partial charge < -0.3 is 16.2 Å². The quantitative estimate of drug-likeness (QED) is 0.774. The fourth-order valence-corrected chi connectivity index (χ4v) is 2.37. The molecule has 2 aromatic carbocycles. The minimum Gasteiger partial charge on any atom is -0.411 e. The summed E-state index contributed by atoms with van der Waals surface area (Å²) in [7, 11) is 0. The van der Waals surface area contributed by atoms with Crippen LogP contribution >= 0.6 is 0 Å². The largest absolute Gasteiger partial charge is 0.411 e. The van der Waals surface area contributed by atoms with Crippen LogP contribution in [0.2, 0.25) is 0 Å². The van der Waals surface area contributed by atoms with Gasteiger partial charge in [0.25, 0.3) is 0 Å². The zero-order valence-electron chi connectivity index (χ0n) is 12.0. The average Bonchev–Trinajstić information content (AvgIpc) is 2.54. The van der Waals surface area contributed by atoms with Crippen molar-refractivity contribution < 1.29 is 14.3 Å². The van der Waals surface area contributed by atoms with Gasteiger partial charge in [-0.05, 0) is 35.2 Å². The highest BCUT2D eigenvalue weighted by molar-refractivity contribution is 6.02. The minimum absolute atomic E-state index is 0.354.